The topological polar surface area (TPSA) is 41.6 Å². The summed E-state index contributed by atoms with van der Waals surface area (Å²) in [4.78, 5) is 14.6. The maximum Gasteiger partial charge on any atom is 0.416 e. The van der Waals surface area contributed by atoms with Crippen LogP contribution in [0.4, 0.5) is 23.7 Å². The number of hydrogen-bond donors (Lipinski definition) is 1. The van der Waals surface area contributed by atoms with Gasteiger partial charge >= 0.3 is 12.3 Å². The van der Waals surface area contributed by atoms with Crippen molar-refractivity contribution in [1.82, 2.24) is 4.90 Å². The lowest BCUT2D eigenvalue weighted by Crippen LogP contribution is -2.50. The number of nitrogens with zero attached hydrogens (tertiary/aromatic N) is 1. The molecule has 1 heterocycles. The maximum atomic E-state index is 14.1. The molecule has 2 fully saturated rings. The molecule has 3 aliphatic rings. The number of fused-ring (bicyclic) bond motifs is 2. The van der Waals surface area contributed by atoms with E-state index in [0.29, 0.717) is 17.9 Å². The van der Waals surface area contributed by atoms with Gasteiger partial charge in [-0.15, -0.1) is 0 Å². The van der Waals surface area contributed by atoms with Crippen LogP contribution in [0.5, 0.6) is 0 Å². The lowest BCUT2D eigenvalue weighted by Gasteiger charge is -2.46. The van der Waals surface area contributed by atoms with E-state index in [1.165, 1.54) is 17.2 Å². The normalized spacial score (nSPS) is 27.5. The third-order valence-electron chi connectivity index (χ3n) is 8.59. The number of carbonyl (C=O) groups is 1. The highest BCUT2D eigenvalue weighted by atomic mass is 19.4. The number of piperidine rings is 1. The van der Waals surface area contributed by atoms with Crippen LogP contribution in [0.3, 0.4) is 0 Å². The van der Waals surface area contributed by atoms with Gasteiger partial charge in [-0.05, 0) is 93.7 Å². The average Bonchev–Trinajstić information content (AvgIpc) is 3.46. The van der Waals surface area contributed by atoms with E-state index < -0.39 is 23.4 Å². The molecule has 0 bridgehead atoms. The van der Waals surface area contributed by atoms with Crippen LogP contribution in [0.15, 0.2) is 48.5 Å². The second kappa shape index (κ2) is 9.74. The number of benzene rings is 2. The quantitative estimate of drug-likeness (QED) is 0.441. The Morgan fingerprint density at radius 1 is 1.11 bits per heavy atom. The fourth-order valence-corrected chi connectivity index (χ4v) is 6.78. The summed E-state index contributed by atoms with van der Waals surface area (Å²) < 4.78 is 47.6. The predicted molar refractivity (Wildman–Crippen MR) is 144 cm³/mol. The second-order valence-electron chi connectivity index (χ2n) is 12.2. The zero-order valence-corrected chi connectivity index (χ0v) is 22.6. The molecule has 4 atom stereocenters. The fraction of sp³-hybridized carbons (Fsp3) is 0.516. The molecule has 7 heteroatoms. The number of anilines is 1. The van der Waals surface area contributed by atoms with Crippen molar-refractivity contribution in [3.8, 4) is 0 Å². The van der Waals surface area contributed by atoms with E-state index in [9.17, 15) is 18.0 Å². The minimum absolute atomic E-state index is 0.0610. The highest BCUT2D eigenvalue weighted by molar-refractivity contribution is 5.85. The number of ether oxygens (including phenoxy) is 1. The minimum Gasteiger partial charge on any atom is -0.444 e. The van der Waals surface area contributed by atoms with E-state index in [1.54, 1.807) is 26.8 Å². The van der Waals surface area contributed by atoms with E-state index in [-0.39, 0.29) is 23.1 Å². The van der Waals surface area contributed by atoms with Crippen LogP contribution in [0.25, 0.3) is 6.08 Å². The molecule has 2 aromatic rings. The molecule has 1 N–H and O–H groups in total. The standard InChI is InChI=1S/C31H37F3N2O2/c1-20-19-36(16-15-30(20)14-13-21-7-5-6-8-26(21)30)24-11-9-22(17-24)25-12-10-23(18-27(25)31(32,33)34)35-28(37)38-29(2,3)4/h5-8,10,12-14,18,20,22,24H,9,11,15-17,19H2,1-4H3,(H,35,37)/t20-,22?,24?,30?/m0/s1. The summed E-state index contributed by atoms with van der Waals surface area (Å²) in [5.41, 5.74) is 1.78. The van der Waals surface area contributed by atoms with Gasteiger partial charge in [0.1, 0.15) is 5.60 Å². The Balaban J connectivity index is 1.28. The Morgan fingerprint density at radius 3 is 2.58 bits per heavy atom. The molecule has 3 unspecified atom stereocenters. The number of allylic oxidation sites excluding steroid dienone is 1. The molecule has 5 rings (SSSR count). The number of nitrogens with one attached hydrogen (secondary N) is 1. The van der Waals surface area contributed by atoms with Crippen molar-refractivity contribution < 1.29 is 22.7 Å². The second-order valence-corrected chi connectivity index (χ2v) is 12.2. The Labute approximate surface area is 223 Å². The molecule has 1 spiro atoms. The summed E-state index contributed by atoms with van der Waals surface area (Å²) in [7, 11) is 0. The molecule has 2 aromatic carbocycles. The maximum absolute atomic E-state index is 14.1. The minimum atomic E-state index is -4.51. The van der Waals surface area contributed by atoms with Crippen LogP contribution in [0.2, 0.25) is 0 Å². The van der Waals surface area contributed by atoms with Crippen LogP contribution < -0.4 is 5.32 Å². The van der Waals surface area contributed by atoms with E-state index in [4.69, 9.17) is 4.74 Å². The van der Waals surface area contributed by atoms with Crippen molar-refractivity contribution in [2.75, 3.05) is 18.4 Å². The number of rotatable bonds is 3. The summed E-state index contributed by atoms with van der Waals surface area (Å²) in [6.07, 6.45) is 2.71. The van der Waals surface area contributed by atoms with Crippen molar-refractivity contribution in [3.63, 3.8) is 0 Å². The highest BCUT2D eigenvalue weighted by Gasteiger charge is 2.46. The molecule has 1 amide bonds. The van der Waals surface area contributed by atoms with Crippen LogP contribution in [0, 0.1) is 5.92 Å². The predicted octanol–water partition coefficient (Wildman–Crippen LogP) is 8.00. The van der Waals surface area contributed by atoms with Gasteiger partial charge < -0.3 is 9.64 Å². The fourth-order valence-electron chi connectivity index (χ4n) is 6.78. The smallest absolute Gasteiger partial charge is 0.416 e. The largest absolute Gasteiger partial charge is 0.444 e. The third kappa shape index (κ3) is 5.22. The molecular weight excluding hydrogens is 489 g/mol. The van der Waals surface area contributed by atoms with Crippen molar-refractivity contribution in [2.45, 2.75) is 82.5 Å². The number of likely N-dealkylation sites (tertiary alicyclic amines) is 1. The van der Waals surface area contributed by atoms with Crippen molar-refractivity contribution in [2.24, 2.45) is 5.92 Å². The molecule has 1 saturated heterocycles. The molecule has 0 radical (unpaired) electrons. The highest BCUT2D eigenvalue weighted by Crippen LogP contribution is 2.49. The number of hydrogen-bond acceptors (Lipinski definition) is 3. The first-order chi connectivity index (χ1) is 17.9. The summed E-state index contributed by atoms with van der Waals surface area (Å²) in [5, 5.41) is 2.45. The SMILES string of the molecule is C[C@H]1CN(C2CCC(c3ccc(NC(=O)OC(C)(C)C)cc3C(F)(F)F)C2)CCC12C=Cc1ccccc12. The van der Waals surface area contributed by atoms with E-state index in [0.717, 1.165) is 38.4 Å². The lowest BCUT2D eigenvalue weighted by atomic mass is 9.68. The average molecular weight is 527 g/mol. The molecule has 1 aliphatic heterocycles. The number of carbonyl (C=O) groups excluding carboxylic acids is 1. The Bertz CT molecular complexity index is 1230. The van der Waals surface area contributed by atoms with Gasteiger partial charge in [0.05, 0.1) is 5.56 Å². The van der Waals surface area contributed by atoms with Crippen LogP contribution >= 0.6 is 0 Å². The van der Waals surface area contributed by atoms with Crippen LogP contribution in [0.1, 0.15) is 81.5 Å². The molecule has 204 valence electrons. The van der Waals surface area contributed by atoms with Gasteiger partial charge in [-0.25, -0.2) is 4.79 Å². The molecule has 38 heavy (non-hydrogen) atoms. The number of alkyl halides is 3. The van der Waals surface area contributed by atoms with Gasteiger partial charge in [0.15, 0.2) is 0 Å². The zero-order chi connectivity index (χ0) is 27.3. The van der Waals surface area contributed by atoms with Gasteiger partial charge in [0, 0.05) is 23.7 Å². The molecule has 2 aliphatic carbocycles. The molecule has 4 nitrogen and oxygen atoms in total. The first-order valence-electron chi connectivity index (χ1n) is 13.6. The molecule has 1 saturated carbocycles. The van der Waals surface area contributed by atoms with Crippen molar-refractivity contribution in [1.29, 1.82) is 0 Å². The summed E-state index contributed by atoms with van der Waals surface area (Å²) in [6.45, 7) is 9.33. The van der Waals surface area contributed by atoms with Gasteiger partial charge in [0.25, 0.3) is 0 Å². The van der Waals surface area contributed by atoms with Gasteiger partial charge in [-0.3, -0.25) is 5.32 Å². The Kier molecular flexibility index (Phi) is 6.87. The molecule has 0 aromatic heterocycles. The van der Waals surface area contributed by atoms with Gasteiger partial charge in [-0.1, -0.05) is 49.4 Å². The van der Waals surface area contributed by atoms with Crippen molar-refractivity contribution in [3.05, 3.63) is 70.8 Å². The lowest BCUT2D eigenvalue weighted by molar-refractivity contribution is -0.138. The van der Waals surface area contributed by atoms with Gasteiger partial charge in [0.2, 0.25) is 0 Å². The first-order valence-corrected chi connectivity index (χ1v) is 13.6. The zero-order valence-electron chi connectivity index (χ0n) is 22.6. The third-order valence-corrected chi connectivity index (χ3v) is 8.59. The van der Waals surface area contributed by atoms with E-state index in [1.807, 2.05) is 0 Å². The van der Waals surface area contributed by atoms with E-state index >= 15 is 0 Å². The number of amides is 1. The summed E-state index contributed by atoms with van der Waals surface area (Å²) >= 11 is 0. The summed E-state index contributed by atoms with van der Waals surface area (Å²) in [5.74, 6) is 0.268. The van der Waals surface area contributed by atoms with Crippen LogP contribution in [-0.2, 0) is 16.3 Å². The Morgan fingerprint density at radius 2 is 1.87 bits per heavy atom. The molecular formula is C31H37F3N2O2. The monoisotopic (exact) mass is 526 g/mol. The Hall–Kier alpha value is -2.80. The van der Waals surface area contributed by atoms with E-state index in [2.05, 4.69) is 53.6 Å². The summed E-state index contributed by atoms with van der Waals surface area (Å²) in [6, 6.07) is 13.0. The number of halogens is 3. The van der Waals surface area contributed by atoms with Gasteiger partial charge in [-0.2, -0.15) is 13.2 Å². The first kappa shape index (κ1) is 26.8. The van der Waals surface area contributed by atoms with Crippen LogP contribution in [-0.4, -0.2) is 35.7 Å². The van der Waals surface area contributed by atoms with Crippen molar-refractivity contribution >= 4 is 17.9 Å².